The highest BCUT2D eigenvalue weighted by Gasteiger charge is 2.26. The lowest BCUT2D eigenvalue weighted by Crippen LogP contribution is -2.28. The summed E-state index contributed by atoms with van der Waals surface area (Å²) in [5.74, 6) is 0.666. The third-order valence-corrected chi connectivity index (χ3v) is 6.28. The minimum Gasteiger partial charge on any atom is -0.411 e. The van der Waals surface area contributed by atoms with Crippen LogP contribution in [0.1, 0.15) is 16.7 Å². The van der Waals surface area contributed by atoms with Gasteiger partial charge < -0.3 is 4.42 Å². The molecule has 1 aliphatic rings. The Labute approximate surface area is 185 Å². The molecule has 1 aromatic heterocycles. The normalized spacial score (nSPS) is 12.7. The zero-order valence-electron chi connectivity index (χ0n) is 17.1. The van der Waals surface area contributed by atoms with Crippen molar-refractivity contribution in [2.75, 3.05) is 10.7 Å². The van der Waals surface area contributed by atoms with Crippen molar-refractivity contribution in [1.82, 2.24) is 10.2 Å². The molecule has 1 aliphatic heterocycles. The molecule has 0 saturated carbocycles. The Morgan fingerprint density at radius 3 is 2.19 bits per heavy atom. The SMILES string of the molecule is Cc1ccccc1-c1nnc(SCC(=O)N2c3ccccc3CCc3ccccc32)o1. The first-order valence-corrected chi connectivity index (χ1v) is 11.2. The second kappa shape index (κ2) is 8.40. The van der Waals surface area contributed by atoms with Crippen LogP contribution in [0, 0.1) is 6.92 Å². The number of rotatable bonds is 4. The number of carbonyl (C=O) groups excluding carboxylic acids is 1. The van der Waals surface area contributed by atoms with Crippen molar-refractivity contribution in [1.29, 1.82) is 0 Å². The Hall–Kier alpha value is -3.38. The number of aromatic nitrogens is 2. The Morgan fingerprint density at radius 1 is 0.903 bits per heavy atom. The maximum Gasteiger partial charge on any atom is 0.277 e. The number of amides is 1. The first kappa shape index (κ1) is 19.6. The molecule has 0 radical (unpaired) electrons. The van der Waals surface area contributed by atoms with Crippen LogP contribution in [0.2, 0.25) is 0 Å². The second-order valence-electron chi connectivity index (χ2n) is 7.46. The summed E-state index contributed by atoms with van der Waals surface area (Å²) in [7, 11) is 0. The van der Waals surface area contributed by atoms with Crippen molar-refractivity contribution in [3.05, 3.63) is 89.5 Å². The molecule has 6 heteroatoms. The van der Waals surface area contributed by atoms with Gasteiger partial charge in [-0.2, -0.15) is 0 Å². The molecule has 2 heterocycles. The van der Waals surface area contributed by atoms with Crippen LogP contribution in [0.5, 0.6) is 0 Å². The lowest BCUT2D eigenvalue weighted by Gasteiger charge is -2.24. The quantitative estimate of drug-likeness (QED) is 0.397. The smallest absolute Gasteiger partial charge is 0.277 e. The summed E-state index contributed by atoms with van der Waals surface area (Å²) in [6.45, 7) is 2.00. The topological polar surface area (TPSA) is 59.2 Å². The first-order valence-electron chi connectivity index (χ1n) is 10.2. The fourth-order valence-corrected chi connectivity index (χ4v) is 4.54. The molecule has 3 aromatic carbocycles. The molecule has 5 rings (SSSR count). The Bertz CT molecular complexity index is 1200. The molecule has 0 spiro atoms. The van der Waals surface area contributed by atoms with Gasteiger partial charge in [0.15, 0.2) is 0 Å². The van der Waals surface area contributed by atoms with E-state index in [9.17, 15) is 4.79 Å². The number of benzene rings is 3. The van der Waals surface area contributed by atoms with Crippen molar-refractivity contribution in [2.24, 2.45) is 0 Å². The van der Waals surface area contributed by atoms with Crippen molar-refractivity contribution in [3.8, 4) is 11.5 Å². The standard InChI is InChI=1S/C25H21N3O2S/c1-17-8-2-5-11-20(17)24-26-27-25(30-24)31-16-23(29)28-21-12-6-3-9-18(21)14-15-19-10-4-7-13-22(19)28/h2-13H,14-16H2,1H3. The van der Waals surface area contributed by atoms with E-state index < -0.39 is 0 Å². The van der Waals surface area contributed by atoms with Crippen LogP contribution in [0.4, 0.5) is 11.4 Å². The van der Waals surface area contributed by atoms with Crippen LogP contribution in [0.15, 0.2) is 82.4 Å². The van der Waals surface area contributed by atoms with E-state index in [2.05, 4.69) is 22.3 Å². The van der Waals surface area contributed by atoms with E-state index >= 15 is 0 Å². The minimum atomic E-state index is -0.0116. The fraction of sp³-hybridized carbons (Fsp3) is 0.160. The largest absolute Gasteiger partial charge is 0.411 e. The Morgan fingerprint density at radius 2 is 1.52 bits per heavy atom. The fourth-order valence-electron chi connectivity index (χ4n) is 3.93. The molecular formula is C25H21N3O2S. The first-order chi connectivity index (χ1) is 15.2. The van der Waals surface area contributed by atoms with E-state index in [-0.39, 0.29) is 11.7 Å². The van der Waals surface area contributed by atoms with E-state index in [1.807, 2.05) is 72.5 Å². The number of hydrogen-bond donors (Lipinski definition) is 0. The molecular weight excluding hydrogens is 406 g/mol. The summed E-state index contributed by atoms with van der Waals surface area (Å²) in [4.78, 5) is 15.2. The molecule has 0 aliphatic carbocycles. The predicted molar refractivity (Wildman–Crippen MR) is 123 cm³/mol. The number of hydrogen-bond acceptors (Lipinski definition) is 5. The third-order valence-electron chi connectivity index (χ3n) is 5.48. The van der Waals surface area contributed by atoms with Crippen molar-refractivity contribution < 1.29 is 9.21 Å². The van der Waals surface area contributed by atoms with Gasteiger partial charge in [0.2, 0.25) is 11.8 Å². The van der Waals surface area contributed by atoms with Crippen molar-refractivity contribution in [2.45, 2.75) is 25.0 Å². The van der Waals surface area contributed by atoms with Gasteiger partial charge >= 0.3 is 0 Å². The number of aryl methyl sites for hydroxylation is 3. The molecule has 4 aromatic rings. The molecule has 0 atom stereocenters. The highest BCUT2D eigenvalue weighted by atomic mass is 32.2. The molecule has 5 nitrogen and oxygen atoms in total. The molecule has 0 saturated heterocycles. The average molecular weight is 428 g/mol. The number of thioether (sulfide) groups is 1. The molecule has 1 amide bonds. The summed E-state index contributed by atoms with van der Waals surface area (Å²) in [5, 5.41) is 8.69. The van der Waals surface area contributed by atoms with Crippen LogP contribution >= 0.6 is 11.8 Å². The summed E-state index contributed by atoms with van der Waals surface area (Å²) in [6.07, 6.45) is 1.82. The number of para-hydroxylation sites is 2. The second-order valence-corrected chi connectivity index (χ2v) is 8.39. The highest BCUT2D eigenvalue weighted by Crippen LogP contribution is 2.37. The van der Waals surface area contributed by atoms with Gasteiger partial charge in [-0.05, 0) is 54.7 Å². The van der Waals surface area contributed by atoms with E-state index in [1.54, 1.807) is 0 Å². The summed E-state index contributed by atoms with van der Waals surface area (Å²) < 4.78 is 5.82. The Balaban J connectivity index is 1.40. The molecule has 0 unspecified atom stereocenters. The number of anilines is 2. The van der Waals surface area contributed by atoms with Gasteiger partial charge in [-0.3, -0.25) is 9.69 Å². The van der Waals surface area contributed by atoms with Crippen LogP contribution in [-0.2, 0) is 17.6 Å². The summed E-state index contributed by atoms with van der Waals surface area (Å²) in [5.41, 5.74) is 6.22. The summed E-state index contributed by atoms with van der Waals surface area (Å²) >= 11 is 1.27. The third kappa shape index (κ3) is 3.86. The van der Waals surface area contributed by atoms with Crippen molar-refractivity contribution in [3.63, 3.8) is 0 Å². The van der Waals surface area contributed by atoms with Gasteiger partial charge in [0.25, 0.3) is 5.22 Å². The van der Waals surface area contributed by atoms with Crippen LogP contribution in [-0.4, -0.2) is 21.9 Å². The Kier molecular flexibility index (Phi) is 5.30. The van der Waals surface area contributed by atoms with Crippen LogP contribution in [0.25, 0.3) is 11.5 Å². The molecule has 0 fully saturated rings. The van der Waals surface area contributed by atoms with E-state index in [4.69, 9.17) is 4.42 Å². The van der Waals surface area contributed by atoms with Crippen LogP contribution < -0.4 is 4.90 Å². The molecule has 154 valence electrons. The van der Waals surface area contributed by atoms with E-state index in [1.165, 1.54) is 22.9 Å². The lowest BCUT2D eigenvalue weighted by molar-refractivity contribution is -0.115. The van der Waals surface area contributed by atoms with E-state index in [0.29, 0.717) is 11.1 Å². The van der Waals surface area contributed by atoms with Gasteiger partial charge in [0, 0.05) is 5.56 Å². The lowest BCUT2D eigenvalue weighted by atomic mass is 10.0. The number of nitrogens with zero attached hydrogens (tertiary/aromatic N) is 3. The number of fused-ring (bicyclic) bond motifs is 2. The zero-order valence-corrected chi connectivity index (χ0v) is 17.9. The minimum absolute atomic E-state index is 0.0116. The average Bonchev–Trinajstić information content (AvgIpc) is 3.20. The van der Waals surface area contributed by atoms with Gasteiger partial charge in [-0.15, -0.1) is 10.2 Å². The maximum atomic E-state index is 13.4. The maximum absolute atomic E-state index is 13.4. The van der Waals surface area contributed by atoms with Gasteiger partial charge in [-0.25, -0.2) is 0 Å². The molecule has 31 heavy (non-hydrogen) atoms. The number of carbonyl (C=O) groups is 1. The summed E-state index contributed by atoms with van der Waals surface area (Å²) in [6, 6.07) is 24.1. The monoisotopic (exact) mass is 427 g/mol. The van der Waals surface area contributed by atoms with E-state index in [0.717, 1.165) is 35.3 Å². The zero-order chi connectivity index (χ0) is 21.2. The molecule has 0 N–H and O–H groups in total. The molecule has 0 bridgehead atoms. The van der Waals surface area contributed by atoms with Crippen LogP contribution in [0.3, 0.4) is 0 Å². The van der Waals surface area contributed by atoms with Gasteiger partial charge in [0.05, 0.1) is 17.1 Å². The van der Waals surface area contributed by atoms with Crippen molar-refractivity contribution >= 4 is 29.0 Å². The predicted octanol–water partition coefficient (Wildman–Crippen LogP) is 5.60. The van der Waals surface area contributed by atoms with Gasteiger partial charge in [-0.1, -0.05) is 66.4 Å². The highest BCUT2D eigenvalue weighted by molar-refractivity contribution is 7.99. The van der Waals surface area contributed by atoms with Gasteiger partial charge in [0.1, 0.15) is 0 Å².